The molecule has 0 bridgehead atoms. The number of halogens is 1. The Balaban J connectivity index is 2.20. The van der Waals surface area contributed by atoms with Gasteiger partial charge in [0.2, 0.25) is 10.0 Å². The van der Waals surface area contributed by atoms with Gasteiger partial charge in [-0.3, -0.25) is 0 Å². The summed E-state index contributed by atoms with van der Waals surface area (Å²) < 4.78 is 40.6. The molecular formula is C14H20FNO3S2. The maximum absolute atomic E-state index is 13.3. The smallest absolute Gasteiger partial charge is 0.241 e. The van der Waals surface area contributed by atoms with Crippen LogP contribution < -0.4 is 4.72 Å². The molecule has 1 fully saturated rings. The van der Waals surface area contributed by atoms with Crippen LogP contribution in [0.15, 0.2) is 23.1 Å². The molecule has 21 heavy (non-hydrogen) atoms. The van der Waals surface area contributed by atoms with Gasteiger partial charge in [0.1, 0.15) is 5.82 Å². The van der Waals surface area contributed by atoms with Crippen molar-refractivity contribution in [1.29, 1.82) is 0 Å². The molecule has 1 aromatic rings. The Bertz CT molecular complexity index is 598. The van der Waals surface area contributed by atoms with Crippen molar-refractivity contribution in [3.05, 3.63) is 29.6 Å². The molecule has 0 spiro atoms. The Morgan fingerprint density at radius 3 is 2.62 bits per heavy atom. The molecule has 0 heterocycles. The van der Waals surface area contributed by atoms with Gasteiger partial charge in [-0.05, 0) is 36.8 Å². The molecular weight excluding hydrogens is 313 g/mol. The number of aliphatic hydroxyl groups excluding tert-OH is 1. The highest BCUT2D eigenvalue weighted by Crippen LogP contribution is 2.39. The normalized spacial score (nSPS) is 18.0. The van der Waals surface area contributed by atoms with E-state index in [0.29, 0.717) is 6.54 Å². The highest BCUT2D eigenvalue weighted by Gasteiger charge is 2.34. The van der Waals surface area contributed by atoms with Crippen LogP contribution in [0, 0.1) is 5.82 Å². The van der Waals surface area contributed by atoms with Gasteiger partial charge in [-0.1, -0.05) is 18.9 Å². The maximum atomic E-state index is 13.3. The summed E-state index contributed by atoms with van der Waals surface area (Å²) in [4.78, 5) is -0.181. The summed E-state index contributed by atoms with van der Waals surface area (Å²) in [7, 11) is -3.82. The van der Waals surface area contributed by atoms with E-state index in [2.05, 4.69) is 4.72 Å². The zero-order valence-corrected chi connectivity index (χ0v) is 13.6. The summed E-state index contributed by atoms with van der Waals surface area (Å²) in [6, 6.07) is 3.39. The molecule has 4 nitrogen and oxygen atoms in total. The van der Waals surface area contributed by atoms with Crippen LogP contribution in [0.25, 0.3) is 0 Å². The van der Waals surface area contributed by atoms with Crippen LogP contribution in [0.3, 0.4) is 0 Å². The zero-order chi connectivity index (χ0) is 15.5. The van der Waals surface area contributed by atoms with Gasteiger partial charge in [0.25, 0.3) is 0 Å². The zero-order valence-electron chi connectivity index (χ0n) is 11.9. The van der Waals surface area contributed by atoms with Crippen LogP contribution in [0.1, 0.15) is 31.2 Å². The lowest BCUT2D eigenvalue weighted by Crippen LogP contribution is -2.38. The SMILES string of the molecule is CSC1(CNS(=O)(=O)c2cc(F)ccc2CO)CCCC1. The van der Waals surface area contributed by atoms with Crippen molar-refractivity contribution in [2.24, 2.45) is 0 Å². The number of hydrogen-bond acceptors (Lipinski definition) is 4. The van der Waals surface area contributed by atoms with Crippen molar-refractivity contribution in [2.75, 3.05) is 12.8 Å². The van der Waals surface area contributed by atoms with E-state index < -0.39 is 22.4 Å². The number of benzene rings is 1. The Morgan fingerprint density at radius 2 is 2.05 bits per heavy atom. The van der Waals surface area contributed by atoms with Crippen molar-refractivity contribution >= 4 is 21.8 Å². The lowest BCUT2D eigenvalue weighted by molar-refractivity contribution is 0.278. The van der Waals surface area contributed by atoms with Crippen molar-refractivity contribution in [2.45, 2.75) is 41.9 Å². The predicted octanol–water partition coefficient (Wildman–Crippen LogP) is 2.27. The minimum atomic E-state index is -3.82. The van der Waals surface area contributed by atoms with E-state index in [0.717, 1.165) is 37.8 Å². The van der Waals surface area contributed by atoms with E-state index in [-0.39, 0.29) is 15.2 Å². The number of sulfonamides is 1. The third-order valence-electron chi connectivity index (χ3n) is 4.02. The summed E-state index contributed by atoms with van der Waals surface area (Å²) in [6.07, 6.45) is 6.15. The van der Waals surface area contributed by atoms with Gasteiger partial charge < -0.3 is 5.11 Å². The highest BCUT2D eigenvalue weighted by atomic mass is 32.2. The maximum Gasteiger partial charge on any atom is 0.241 e. The standard InChI is InChI=1S/C14H20FNO3S2/c1-20-14(6-2-3-7-14)10-16-21(18,19)13-8-12(15)5-4-11(13)9-17/h4-5,8,16-17H,2-3,6-7,9-10H2,1H3. The Hall–Kier alpha value is -0.630. The van der Waals surface area contributed by atoms with Gasteiger partial charge in [0.05, 0.1) is 11.5 Å². The third-order valence-corrected chi connectivity index (χ3v) is 6.92. The molecule has 0 aromatic heterocycles. The molecule has 0 saturated heterocycles. The number of rotatable bonds is 6. The first-order valence-electron chi connectivity index (χ1n) is 6.86. The van der Waals surface area contributed by atoms with Crippen LogP contribution >= 0.6 is 11.8 Å². The summed E-state index contributed by atoms with van der Waals surface area (Å²) in [5.74, 6) is -0.631. The molecule has 1 saturated carbocycles. The van der Waals surface area contributed by atoms with E-state index in [9.17, 15) is 17.9 Å². The Kier molecular flexibility index (Phi) is 5.29. The molecule has 2 rings (SSSR count). The minimum absolute atomic E-state index is 0.0697. The van der Waals surface area contributed by atoms with E-state index in [1.165, 1.54) is 6.07 Å². The monoisotopic (exact) mass is 333 g/mol. The van der Waals surface area contributed by atoms with Gasteiger partial charge >= 0.3 is 0 Å². The average Bonchev–Trinajstić information content (AvgIpc) is 2.95. The molecule has 1 aliphatic carbocycles. The van der Waals surface area contributed by atoms with Crippen LogP contribution in [0.5, 0.6) is 0 Å². The molecule has 0 unspecified atom stereocenters. The molecule has 118 valence electrons. The Labute approximate surface area is 129 Å². The second-order valence-electron chi connectivity index (χ2n) is 5.33. The van der Waals surface area contributed by atoms with E-state index in [1.807, 2.05) is 6.26 Å². The predicted molar refractivity (Wildman–Crippen MR) is 82.2 cm³/mol. The molecule has 2 N–H and O–H groups in total. The summed E-state index contributed by atoms with van der Waals surface area (Å²) in [6.45, 7) is -0.109. The van der Waals surface area contributed by atoms with E-state index in [4.69, 9.17) is 0 Å². The fourth-order valence-electron chi connectivity index (χ4n) is 2.69. The second kappa shape index (κ2) is 6.64. The van der Waals surface area contributed by atoms with Crippen molar-refractivity contribution in [3.63, 3.8) is 0 Å². The van der Waals surface area contributed by atoms with E-state index >= 15 is 0 Å². The lowest BCUT2D eigenvalue weighted by Gasteiger charge is -2.27. The number of aliphatic hydroxyl groups is 1. The molecule has 1 aliphatic rings. The van der Waals surface area contributed by atoms with Crippen LogP contribution in [-0.4, -0.2) is 31.1 Å². The summed E-state index contributed by atoms with van der Waals surface area (Å²) >= 11 is 1.68. The van der Waals surface area contributed by atoms with Crippen LogP contribution in [-0.2, 0) is 16.6 Å². The van der Waals surface area contributed by atoms with E-state index in [1.54, 1.807) is 11.8 Å². The molecule has 7 heteroatoms. The van der Waals surface area contributed by atoms with Crippen LogP contribution in [0.4, 0.5) is 4.39 Å². The van der Waals surface area contributed by atoms with Gasteiger partial charge in [-0.15, -0.1) is 0 Å². The third kappa shape index (κ3) is 3.77. The fraction of sp³-hybridized carbons (Fsp3) is 0.571. The second-order valence-corrected chi connectivity index (χ2v) is 8.34. The average molecular weight is 333 g/mol. The fourth-order valence-corrected chi connectivity index (χ4v) is 5.06. The summed E-state index contributed by atoms with van der Waals surface area (Å²) in [5.41, 5.74) is 0.202. The topological polar surface area (TPSA) is 66.4 Å². The van der Waals surface area contributed by atoms with Crippen molar-refractivity contribution < 1.29 is 17.9 Å². The minimum Gasteiger partial charge on any atom is -0.392 e. The first-order chi connectivity index (χ1) is 9.92. The first kappa shape index (κ1) is 16.7. The Morgan fingerprint density at radius 1 is 1.38 bits per heavy atom. The number of nitrogens with one attached hydrogen (secondary N) is 1. The number of thioether (sulfide) groups is 1. The first-order valence-corrected chi connectivity index (χ1v) is 9.57. The molecule has 0 atom stereocenters. The summed E-state index contributed by atoms with van der Waals surface area (Å²) in [5, 5.41) is 9.23. The van der Waals surface area contributed by atoms with Gasteiger partial charge in [-0.2, -0.15) is 11.8 Å². The van der Waals surface area contributed by atoms with Gasteiger partial charge in [0, 0.05) is 11.3 Å². The van der Waals surface area contributed by atoms with Crippen LogP contribution in [0.2, 0.25) is 0 Å². The highest BCUT2D eigenvalue weighted by molar-refractivity contribution is 8.00. The van der Waals surface area contributed by atoms with Gasteiger partial charge in [0.15, 0.2) is 0 Å². The quantitative estimate of drug-likeness (QED) is 0.838. The number of hydrogen-bond donors (Lipinski definition) is 2. The van der Waals surface area contributed by atoms with Crippen molar-refractivity contribution in [3.8, 4) is 0 Å². The van der Waals surface area contributed by atoms with Gasteiger partial charge in [-0.25, -0.2) is 17.5 Å². The largest absolute Gasteiger partial charge is 0.392 e. The molecule has 0 radical (unpaired) electrons. The van der Waals surface area contributed by atoms with Crippen molar-refractivity contribution in [1.82, 2.24) is 4.72 Å². The molecule has 0 aliphatic heterocycles. The lowest BCUT2D eigenvalue weighted by atomic mass is 10.1. The molecule has 0 amide bonds. The molecule has 1 aromatic carbocycles.